The zero-order chi connectivity index (χ0) is 74.5. The number of rotatable bonds is 16. The van der Waals surface area contributed by atoms with Gasteiger partial charge in [-0.1, -0.05) is 35.4 Å². The van der Waals surface area contributed by atoms with E-state index in [1.165, 1.54) is 51.1 Å². The van der Waals surface area contributed by atoms with E-state index in [2.05, 4.69) is 66.8 Å². The fourth-order valence-electron chi connectivity index (χ4n) is 12.0. The van der Waals surface area contributed by atoms with Gasteiger partial charge in [0.15, 0.2) is 11.3 Å². The smallest absolute Gasteiger partial charge is 0.376 e. The fraction of sp³-hybridized carbons (Fsp3) is 0.343. The molecule has 0 bridgehead atoms. The molecule has 13 rings (SSSR count). The van der Waals surface area contributed by atoms with E-state index >= 15 is 0 Å². The van der Waals surface area contributed by atoms with E-state index in [1.807, 2.05) is 19.9 Å². The van der Waals surface area contributed by atoms with Crippen molar-refractivity contribution < 1.29 is 79.1 Å². The molecule has 9 heterocycles. The van der Waals surface area contributed by atoms with Crippen molar-refractivity contribution in [2.45, 2.75) is 105 Å². The molecule has 0 radical (unpaired) electrons. The number of aromatic nitrogens is 9. The van der Waals surface area contributed by atoms with Crippen LogP contribution in [0.2, 0.25) is 0 Å². The van der Waals surface area contributed by atoms with Crippen molar-refractivity contribution in [1.29, 1.82) is 0 Å². The maximum atomic E-state index is 13.3. The summed E-state index contributed by atoms with van der Waals surface area (Å²) in [6, 6.07) is 20.4. The van der Waals surface area contributed by atoms with Gasteiger partial charge in [-0.2, -0.15) is 52.7 Å². The largest absolute Gasteiger partial charge is 0.416 e. The molecule has 3 fully saturated rings. The Labute approximate surface area is 598 Å². The van der Waals surface area contributed by atoms with Crippen LogP contribution in [-0.4, -0.2) is 152 Å². The third-order valence-corrected chi connectivity index (χ3v) is 20.7. The summed E-state index contributed by atoms with van der Waals surface area (Å²) in [6.45, 7) is 5.94. The maximum Gasteiger partial charge on any atom is 0.416 e. The Balaban J connectivity index is 0.000000174. The van der Waals surface area contributed by atoms with Crippen LogP contribution in [0.5, 0.6) is 0 Å². The van der Waals surface area contributed by atoms with Crippen molar-refractivity contribution in [2.75, 3.05) is 78.9 Å². The average molecular weight is 1530 g/mol. The fourth-order valence-corrected chi connectivity index (χ4v) is 14.6. The summed E-state index contributed by atoms with van der Waals surface area (Å²) in [7, 11) is -7.65. The van der Waals surface area contributed by atoms with Crippen molar-refractivity contribution >= 4 is 106 Å². The number of halogens is 13. The molecule has 3 aliphatic heterocycles. The second-order valence-corrected chi connectivity index (χ2v) is 28.5. The Kier molecular flexibility index (Phi) is 23.5. The van der Waals surface area contributed by atoms with Crippen molar-refractivity contribution in [1.82, 2.24) is 57.9 Å². The quantitative estimate of drug-likeness (QED) is 0.0443. The monoisotopic (exact) mass is 1530 g/mol. The van der Waals surface area contributed by atoms with Gasteiger partial charge in [-0.3, -0.25) is 9.59 Å². The molecule has 3 aliphatic rings. The van der Waals surface area contributed by atoms with Gasteiger partial charge in [0.2, 0.25) is 11.8 Å². The minimum atomic E-state index is -5.01. The number of carbonyl (C=O) groups is 2. The lowest BCUT2D eigenvalue weighted by atomic mass is 10.1. The van der Waals surface area contributed by atoms with Crippen molar-refractivity contribution in [2.24, 2.45) is 0 Å². The molecule has 23 nitrogen and oxygen atoms in total. The average Bonchev–Trinajstić information content (AvgIpc) is 1.65. The highest BCUT2D eigenvalue weighted by Gasteiger charge is 2.39. The van der Waals surface area contributed by atoms with E-state index in [0.29, 0.717) is 103 Å². The van der Waals surface area contributed by atoms with Gasteiger partial charge < -0.3 is 46.7 Å². The van der Waals surface area contributed by atoms with Crippen LogP contribution in [0.25, 0.3) is 33.1 Å². The summed E-state index contributed by atoms with van der Waals surface area (Å²) in [5.74, 6) is 0.653. The van der Waals surface area contributed by atoms with Gasteiger partial charge in [-0.05, 0) is 138 Å². The van der Waals surface area contributed by atoms with E-state index in [9.17, 15) is 79.1 Å². The lowest BCUT2D eigenvalue weighted by Crippen LogP contribution is -2.47. The molecule has 105 heavy (non-hydrogen) atoms. The van der Waals surface area contributed by atoms with Gasteiger partial charge in [0, 0.05) is 80.8 Å². The highest BCUT2D eigenvalue weighted by Crippen LogP contribution is 2.40. The van der Waals surface area contributed by atoms with Gasteiger partial charge in [-0.15, -0.1) is 12.4 Å². The number of hydrogen-bond acceptors (Lipinski definition) is 18. The second kappa shape index (κ2) is 31.8. The van der Waals surface area contributed by atoms with Crippen molar-refractivity contribution in [3.63, 3.8) is 0 Å². The van der Waals surface area contributed by atoms with E-state index < -0.39 is 103 Å². The zero-order valence-electron chi connectivity index (χ0n) is 55.6. The first-order chi connectivity index (χ1) is 49.2. The molecule has 3 atom stereocenters. The first-order valence-electron chi connectivity index (χ1n) is 32.4. The summed E-state index contributed by atoms with van der Waals surface area (Å²) in [5, 5.41) is 20.0. The van der Waals surface area contributed by atoms with Crippen LogP contribution in [0.3, 0.4) is 0 Å². The molecular formula is C67H68ClF12N17O6S2. The topological polar surface area (TPSA) is 284 Å². The molecule has 0 spiro atoms. The summed E-state index contributed by atoms with van der Waals surface area (Å²) in [5.41, 5.74) is -3.68. The molecule has 3 saturated heterocycles. The molecule has 10 aromatic rings. The number of hydrogen-bond donors (Lipinski definition) is 7. The number of likely N-dealkylation sites (tertiary alicyclic amines) is 2. The molecule has 0 aliphatic carbocycles. The van der Waals surface area contributed by atoms with E-state index in [0.717, 1.165) is 52.8 Å². The Hall–Kier alpha value is -10.0. The van der Waals surface area contributed by atoms with Gasteiger partial charge in [0.1, 0.15) is 42.1 Å². The molecule has 38 heteroatoms. The first kappa shape index (κ1) is 77.6. The third kappa shape index (κ3) is 18.7. The number of amides is 2. The number of H-pyrrole nitrogens is 1. The Bertz CT molecular complexity index is 4890. The Morgan fingerprint density at radius 2 is 0.867 bits per heavy atom. The van der Waals surface area contributed by atoms with Crippen LogP contribution in [0.1, 0.15) is 71.9 Å². The number of anilines is 5. The summed E-state index contributed by atoms with van der Waals surface area (Å²) in [6.07, 6.45) is -6.50. The highest BCUT2D eigenvalue weighted by atomic mass is 35.5. The SMILES string of the molecule is Cc1ccc(S(=O)(=O)n2ccc3c(N[C@H]4CCCN(C(=O)CNc5cc(C(F)(F)F)cc(C(F)(F)F)c5)C4)ncnc32)cc1.Cc1ccc(S(=O)(=O)n2ccc3c(N[C@H]4CCCNC4)ncnc32)cc1.Cl.O=C(CNc1cc(C(F)(F)F)cc(C(F)(F)F)c1)N1CCC[C@H](Nc2ncnc3[nH]ccc23)C1. The molecule has 6 aromatic heterocycles. The van der Waals surface area contributed by atoms with E-state index in [4.69, 9.17) is 0 Å². The van der Waals surface area contributed by atoms with Crippen LogP contribution in [0.15, 0.2) is 150 Å². The Morgan fingerprint density at radius 1 is 0.486 bits per heavy atom. The second-order valence-electron chi connectivity index (χ2n) is 24.9. The molecule has 2 amide bonds. The summed E-state index contributed by atoms with van der Waals surface area (Å²) in [4.78, 5) is 57.1. The molecular weight excluding hydrogens is 1470 g/mol. The van der Waals surface area contributed by atoms with Gasteiger partial charge in [-0.25, -0.2) is 54.7 Å². The molecule has 0 saturated carbocycles. The number of benzene rings is 4. The molecule has 4 aromatic carbocycles. The number of nitrogens with zero attached hydrogens (tertiary/aromatic N) is 10. The minimum Gasteiger partial charge on any atom is -0.376 e. The number of piperidine rings is 3. The number of aromatic amines is 1. The van der Waals surface area contributed by atoms with Crippen molar-refractivity contribution in [3.8, 4) is 0 Å². The summed E-state index contributed by atoms with van der Waals surface area (Å²) < 4.78 is 212. The third-order valence-electron chi connectivity index (χ3n) is 17.3. The molecule has 7 N–H and O–H groups in total. The van der Waals surface area contributed by atoms with Gasteiger partial charge >= 0.3 is 24.7 Å². The summed E-state index contributed by atoms with van der Waals surface area (Å²) >= 11 is 0. The van der Waals surface area contributed by atoms with E-state index in [1.54, 1.807) is 60.9 Å². The molecule has 0 unspecified atom stereocenters. The van der Waals surface area contributed by atoms with Crippen molar-refractivity contribution in [3.05, 3.63) is 174 Å². The number of fused-ring (bicyclic) bond motifs is 3. The van der Waals surface area contributed by atoms with E-state index in [-0.39, 0.29) is 64.6 Å². The van der Waals surface area contributed by atoms with Crippen LogP contribution < -0.4 is 31.9 Å². The highest BCUT2D eigenvalue weighted by molar-refractivity contribution is 7.90. The minimum absolute atomic E-state index is 0. The normalized spacial score (nSPS) is 16.8. The Morgan fingerprint density at radius 3 is 1.26 bits per heavy atom. The number of nitrogens with one attached hydrogen (secondary N) is 7. The number of aryl methyl sites for hydroxylation is 2. The van der Waals surface area contributed by atoms with Crippen LogP contribution in [-0.2, 0) is 54.3 Å². The van der Waals surface area contributed by atoms with Crippen LogP contribution in [0, 0.1) is 13.8 Å². The first-order valence-corrected chi connectivity index (χ1v) is 35.3. The lowest BCUT2D eigenvalue weighted by Gasteiger charge is -2.33. The van der Waals surface area contributed by atoms with Gasteiger partial charge in [0.25, 0.3) is 20.0 Å². The lowest BCUT2D eigenvalue weighted by molar-refractivity contribution is -0.144. The predicted molar refractivity (Wildman–Crippen MR) is 370 cm³/mol. The number of alkyl halides is 12. The zero-order valence-corrected chi connectivity index (χ0v) is 58.0. The van der Waals surface area contributed by atoms with Gasteiger partial charge in [0.05, 0.1) is 61.3 Å². The van der Waals surface area contributed by atoms with Crippen LogP contribution >= 0.6 is 12.4 Å². The maximum absolute atomic E-state index is 13.3. The van der Waals surface area contributed by atoms with Crippen LogP contribution in [0.4, 0.5) is 81.5 Å². The number of carbonyl (C=O) groups excluding carboxylic acids is 2. The standard InChI is InChI=1S/C28H26F6N6O3S.C21H20F6N6O.C18H21N5O2S.ClH/c1-17-4-6-22(7-5-17)44(42,43)40-10-8-23-25(36-16-37-26(23)40)38-20-3-2-9-39(15-20)24(41)14-35-21-12-18(27(29,30)31)11-19(13-21)28(32,33)34;22-20(23,24)12-6-13(21(25,26)27)8-15(7-12)29-9-17(34)33-5-1-2-14(10-33)32-19-16-3-4-28-18(16)30-11-31-19;1-13-4-6-15(7-5-13)26(24,25)23-10-8-16-17(20-12-21-18(16)23)22-14-3-2-9-19-11-14;/h4-8,10-13,16,20,35H,2-3,9,14-15H2,1H3,(H,36,37,38);3-4,6-8,11,14,29H,1-2,5,9-10H2,(H2,28,30,31,32);4-8,10,12,14,19H,2-3,9,11H2,1H3,(H,20,21,22);1H/t20-;2*14-;/m000./s1. The predicted octanol–water partition coefficient (Wildman–Crippen LogP) is 12.6. The molecule has 560 valence electrons.